The highest BCUT2D eigenvalue weighted by Crippen LogP contribution is 2.10. The topological polar surface area (TPSA) is 0 Å². The van der Waals surface area contributed by atoms with Gasteiger partial charge >= 0.3 is 0 Å². The summed E-state index contributed by atoms with van der Waals surface area (Å²) in [5.74, 6) is 0. The van der Waals surface area contributed by atoms with Crippen molar-refractivity contribution in [2.45, 2.75) is 31.4 Å². The Bertz CT molecular complexity index is 21.6. The van der Waals surface area contributed by atoms with E-state index in [2.05, 4.69) is 0 Å². The van der Waals surface area contributed by atoms with E-state index in [0.29, 0.717) is 9.52 Å². The lowest BCUT2D eigenvalue weighted by atomic mass is 10.3. The first kappa shape index (κ1) is 7.43. The smallest absolute Gasteiger partial charge is 0.0197 e. The molecule has 2 heteroatoms. The van der Waals surface area contributed by atoms with E-state index in [0.717, 1.165) is 0 Å². The first-order chi connectivity index (χ1) is 3.00. The third kappa shape index (κ3) is 3.06. The third-order valence-corrected chi connectivity index (χ3v) is 3.50. The lowest BCUT2D eigenvalue weighted by Gasteiger charge is -2.04. The van der Waals surface area contributed by atoms with Crippen LogP contribution < -0.4 is 0 Å². The first-order valence-electron chi connectivity index (χ1n) is 3.00. The molecule has 1 saturated heterocycles. The Hall–Kier alpha value is 0.434. The minimum absolute atomic E-state index is 0. The number of hydrogen-bond donors (Lipinski definition) is 0. The fourth-order valence-electron chi connectivity index (χ4n) is 1.06. The summed E-state index contributed by atoms with van der Waals surface area (Å²) in [5.41, 5.74) is 0. The second-order valence-corrected chi connectivity index (χ2v) is 4.24. The molecule has 1 heterocycles. The van der Waals surface area contributed by atoms with Gasteiger partial charge in [-0.3, -0.25) is 0 Å². The minimum Gasteiger partial charge on any atom is -0.0628 e. The fraction of sp³-hybridized carbons (Fsp3) is 1.00. The van der Waals surface area contributed by atoms with Crippen LogP contribution in [0.3, 0.4) is 0 Å². The van der Waals surface area contributed by atoms with Crippen molar-refractivity contribution in [3.8, 4) is 0 Å². The Morgan fingerprint density at radius 1 is 0.857 bits per heavy atom. The van der Waals surface area contributed by atoms with Crippen molar-refractivity contribution in [3.63, 3.8) is 0 Å². The van der Waals surface area contributed by atoms with Crippen LogP contribution in [0.1, 0.15) is 19.3 Å². The molecule has 0 atom stereocenters. The highest BCUT2D eigenvalue weighted by atomic mass is 28.2. The van der Waals surface area contributed by atoms with Gasteiger partial charge in [-0.15, -0.1) is 0 Å². The molecular formula is C5H16Si2. The first-order valence-corrected chi connectivity index (χ1v) is 5.00. The zero-order valence-corrected chi connectivity index (χ0v) is 5.66. The molecule has 1 rings (SSSR count). The zero-order valence-electron chi connectivity index (χ0n) is 4.24. The fourth-order valence-corrected chi connectivity index (χ4v) is 2.83. The molecule has 0 aromatic carbocycles. The molecule has 1 aliphatic heterocycles. The van der Waals surface area contributed by atoms with Gasteiger partial charge < -0.3 is 0 Å². The number of rotatable bonds is 0. The van der Waals surface area contributed by atoms with Crippen molar-refractivity contribution in [2.24, 2.45) is 0 Å². The molecule has 0 spiro atoms. The maximum absolute atomic E-state index is 1.64. The molecular weight excluding hydrogens is 116 g/mol. The molecule has 0 unspecified atom stereocenters. The zero-order chi connectivity index (χ0) is 4.24. The molecule has 0 aromatic rings. The van der Waals surface area contributed by atoms with E-state index in [-0.39, 0.29) is 11.0 Å². The molecule has 0 radical (unpaired) electrons. The van der Waals surface area contributed by atoms with Crippen molar-refractivity contribution in [3.05, 3.63) is 0 Å². The van der Waals surface area contributed by atoms with Gasteiger partial charge in [-0.1, -0.05) is 31.4 Å². The van der Waals surface area contributed by atoms with E-state index < -0.39 is 0 Å². The largest absolute Gasteiger partial charge is 0.0628 e. The van der Waals surface area contributed by atoms with Crippen molar-refractivity contribution >= 4 is 20.5 Å². The molecule has 0 amide bonds. The van der Waals surface area contributed by atoms with Gasteiger partial charge in [0.25, 0.3) is 0 Å². The molecule has 0 N–H and O–H groups in total. The van der Waals surface area contributed by atoms with E-state index in [1.54, 1.807) is 24.9 Å². The van der Waals surface area contributed by atoms with Crippen LogP contribution in [0.25, 0.3) is 0 Å². The molecule has 0 nitrogen and oxygen atoms in total. The van der Waals surface area contributed by atoms with Crippen LogP contribution in [0, 0.1) is 0 Å². The summed E-state index contributed by atoms with van der Waals surface area (Å²) in [7, 11) is 0.508. The van der Waals surface area contributed by atoms with Crippen molar-refractivity contribution in [1.29, 1.82) is 0 Å². The molecule has 1 aliphatic rings. The van der Waals surface area contributed by atoms with Crippen molar-refractivity contribution in [2.75, 3.05) is 0 Å². The Balaban J connectivity index is 0.000000360. The van der Waals surface area contributed by atoms with Crippen molar-refractivity contribution < 1.29 is 0 Å². The van der Waals surface area contributed by atoms with Gasteiger partial charge in [0, 0.05) is 9.52 Å². The number of hydrogen-bond acceptors (Lipinski definition) is 0. The SMILES string of the molecule is C1CC[SiH2]CC1.[SiH4]. The molecule has 0 aliphatic carbocycles. The molecule has 1 fully saturated rings. The predicted octanol–water partition coefficient (Wildman–Crippen LogP) is -0.276. The Morgan fingerprint density at radius 3 is 1.57 bits per heavy atom. The van der Waals surface area contributed by atoms with Gasteiger partial charge in [0.05, 0.1) is 0 Å². The predicted molar refractivity (Wildman–Crippen MR) is 43.3 cm³/mol. The monoisotopic (exact) mass is 132 g/mol. The van der Waals surface area contributed by atoms with Crippen LogP contribution in [-0.4, -0.2) is 20.5 Å². The summed E-state index contributed by atoms with van der Waals surface area (Å²) in [6, 6.07) is 3.28. The van der Waals surface area contributed by atoms with Crippen molar-refractivity contribution in [1.82, 2.24) is 0 Å². The average molecular weight is 132 g/mol. The van der Waals surface area contributed by atoms with Crippen LogP contribution in [0.5, 0.6) is 0 Å². The summed E-state index contributed by atoms with van der Waals surface area (Å²) >= 11 is 0. The second kappa shape index (κ2) is 4.59. The lowest BCUT2D eigenvalue weighted by molar-refractivity contribution is 0.734. The highest BCUT2D eigenvalue weighted by molar-refractivity contribution is 6.35. The van der Waals surface area contributed by atoms with Gasteiger partial charge in [-0.05, 0) is 11.0 Å². The average Bonchev–Trinajstić information content (AvgIpc) is 1.72. The maximum Gasteiger partial charge on any atom is 0.0197 e. The maximum atomic E-state index is 1.64. The van der Waals surface area contributed by atoms with E-state index in [1.165, 1.54) is 6.42 Å². The third-order valence-electron chi connectivity index (χ3n) is 1.50. The lowest BCUT2D eigenvalue weighted by Crippen LogP contribution is -1.94. The van der Waals surface area contributed by atoms with Crippen LogP contribution in [0.2, 0.25) is 12.1 Å². The molecule has 7 heavy (non-hydrogen) atoms. The Morgan fingerprint density at radius 2 is 1.43 bits per heavy atom. The normalized spacial score (nSPS) is 20.6. The quantitative estimate of drug-likeness (QED) is 0.398. The standard InChI is InChI=1S/C5H12Si.H4Si/c1-2-4-6-5-3-1;/h1-6H2;1H4. The van der Waals surface area contributed by atoms with Crippen LogP contribution in [0.15, 0.2) is 0 Å². The van der Waals surface area contributed by atoms with E-state index in [1.807, 2.05) is 0 Å². The summed E-state index contributed by atoms with van der Waals surface area (Å²) in [6.07, 6.45) is 4.66. The highest BCUT2D eigenvalue weighted by Gasteiger charge is 1.96. The molecule has 44 valence electrons. The van der Waals surface area contributed by atoms with E-state index >= 15 is 0 Å². The molecule has 0 aromatic heterocycles. The summed E-state index contributed by atoms with van der Waals surface area (Å²) in [5, 5.41) is 0. The van der Waals surface area contributed by atoms with Gasteiger partial charge in [-0.25, -0.2) is 0 Å². The van der Waals surface area contributed by atoms with Crippen LogP contribution >= 0.6 is 0 Å². The van der Waals surface area contributed by atoms with Gasteiger partial charge in [-0.2, -0.15) is 0 Å². The van der Waals surface area contributed by atoms with Crippen LogP contribution in [-0.2, 0) is 0 Å². The van der Waals surface area contributed by atoms with Gasteiger partial charge in [0.1, 0.15) is 0 Å². The molecule has 0 bridgehead atoms. The Labute approximate surface area is 52.5 Å². The van der Waals surface area contributed by atoms with E-state index in [9.17, 15) is 0 Å². The minimum atomic E-state index is 0. The second-order valence-electron chi connectivity index (χ2n) is 2.12. The van der Waals surface area contributed by atoms with Gasteiger partial charge in [0.2, 0.25) is 0 Å². The van der Waals surface area contributed by atoms with Gasteiger partial charge in [0.15, 0.2) is 0 Å². The van der Waals surface area contributed by atoms with E-state index in [4.69, 9.17) is 0 Å². The van der Waals surface area contributed by atoms with Crippen LogP contribution in [0.4, 0.5) is 0 Å². The Kier molecular flexibility index (Phi) is 4.87. The summed E-state index contributed by atoms with van der Waals surface area (Å²) < 4.78 is 0. The summed E-state index contributed by atoms with van der Waals surface area (Å²) in [4.78, 5) is 0. The molecule has 0 saturated carbocycles. The summed E-state index contributed by atoms with van der Waals surface area (Å²) in [6.45, 7) is 0.